The zero-order valence-electron chi connectivity index (χ0n) is 18.0. The molecule has 3 amide bonds. The zero-order valence-corrected chi connectivity index (χ0v) is 18.0. The predicted octanol–water partition coefficient (Wildman–Crippen LogP) is 3.44. The first kappa shape index (κ1) is 22.3. The van der Waals surface area contributed by atoms with Gasteiger partial charge in [0.2, 0.25) is 17.7 Å². The second-order valence-electron chi connectivity index (χ2n) is 7.96. The van der Waals surface area contributed by atoms with E-state index >= 15 is 0 Å². The van der Waals surface area contributed by atoms with E-state index in [1.807, 2.05) is 44.2 Å². The standard InChI is InChI=1S/C24H29N3O4/c1-16(2)25-24(30)14-17-5-8-19(9-6-17)26-22(28)4-3-13-31-20-10-11-21-18(15-20)7-12-23(29)27-21/h5-6,8-11,15-16H,3-4,7,12-14H2,1-2H3,(H,25,30)(H,26,28)(H,27,29). The minimum atomic E-state index is -0.0814. The number of hydrogen-bond acceptors (Lipinski definition) is 4. The summed E-state index contributed by atoms with van der Waals surface area (Å²) in [6.07, 6.45) is 2.45. The molecule has 7 heteroatoms. The molecule has 3 rings (SSSR count). The maximum atomic E-state index is 12.2. The van der Waals surface area contributed by atoms with Crippen molar-refractivity contribution in [3.8, 4) is 5.75 Å². The first-order valence-corrected chi connectivity index (χ1v) is 10.6. The van der Waals surface area contributed by atoms with Gasteiger partial charge < -0.3 is 20.7 Å². The Morgan fingerprint density at radius 1 is 1.06 bits per heavy atom. The van der Waals surface area contributed by atoms with E-state index in [9.17, 15) is 14.4 Å². The Balaban J connectivity index is 1.37. The highest BCUT2D eigenvalue weighted by Gasteiger charge is 2.15. The molecule has 164 valence electrons. The molecule has 0 atom stereocenters. The van der Waals surface area contributed by atoms with Gasteiger partial charge in [-0.2, -0.15) is 0 Å². The van der Waals surface area contributed by atoms with Crippen molar-refractivity contribution < 1.29 is 19.1 Å². The van der Waals surface area contributed by atoms with Crippen LogP contribution < -0.4 is 20.7 Å². The van der Waals surface area contributed by atoms with Crippen LogP contribution in [0.4, 0.5) is 11.4 Å². The van der Waals surface area contributed by atoms with E-state index in [4.69, 9.17) is 4.74 Å². The number of rotatable bonds is 9. The molecule has 7 nitrogen and oxygen atoms in total. The SMILES string of the molecule is CC(C)NC(=O)Cc1ccc(NC(=O)CCCOc2ccc3c(c2)CCC(=O)N3)cc1. The highest BCUT2D eigenvalue weighted by Crippen LogP contribution is 2.26. The lowest BCUT2D eigenvalue weighted by Crippen LogP contribution is -2.31. The van der Waals surface area contributed by atoms with Crippen LogP contribution in [0.15, 0.2) is 42.5 Å². The summed E-state index contributed by atoms with van der Waals surface area (Å²) in [5, 5.41) is 8.57. The highest BCUT2D eigenvalue weighted by molar-refractivity contribution is 5.94. The average molecular weight is 424 g/mol. The first-order valence-electron chi connectivity index (χ1n) is 10.6. The van der Waals surface area contributed by atoms with Crippen molar-refractivity contribution in [3.05, 3.63) is 53.6 Å². The van der Waals surface area contributed by atoms with E-state index in [1.54, 1.807) is 12.1 Å². The average Bonchev–Trinajstić information content (AvgIpc) is 2.72. The summed E-state index contributed by atoms with van der Waals surface area (Å²) in [6.45, 7) is 4.28. The maximum absolute atomic E-state index is 12.2. The third-order valence-corrected chi connectivity index (χ3v) is 4.84. The minimum Gasteiger partial charge on any atom is -0.494 e. The molecular formula is C24H29N3O4. The van der Waals surface area contributed by atoms with Gasteiger partial charge in [-0.15, -0.1) is 0 Å². The van der Waals surface area contributed by atoms with E-state index in [2.05, 4.69) is 16.0 Å². The van der Waals surface area contributed by atoms with Gasteiger partial charge in [0.05, 0.1) is 13.0 Å². The van der Waals surface area contributed by atoms with Crippen molar-refractivity contribution in [1.29, 1.82) is 0 Å². The van der Waals surface area contributed by atoms with Gasteiger partial charge in [-0.1, -0.05) is 12.1 Å². The first-order chi connectivity index (χ1) is 14.9. The third kappa shape index (κ3) is 7.13. The number of fused-ring (bicyclic) bond motifs is 1. The molecule has 0 radical (unpaired) electrons. The number of anilines is 2. The van der Waals surface area contributed by atoms with E-state index in [0.29, 0.717) is 44.4 Å². The molecule has 3 N–H and O–H groups in total. The molecular weight excluding hydrogens is 394 g/mol. The van der Waals surface area contributed by atoms with Crippen molar-refractivity contribution in [3.63, 3.8) is 0 Å². The quantitative estimate of drug-likeness (QED) is 0.538. The molecule has 0 bridgehead atoms. The fraction of sp³-hybridized carbons (Fsp3) is 0.375. The maximum Gasteiger partial charge on any atom is 0.224 e. The zero-order chi connectivity index (χ0) is 22.2. The van der Waals surface area contributed by atoms with Crippen LogP contribution in [0.1, 0.15) is 44.2 Å². The number of carbonyl (C=O) groups is 3. The van der Waals surface area contributed by atoms with E-state index in [1.165, 1.54) is 0 Å². The Labute approximate surface area is 182 Å². The minimum absolute atomic E-state index is 0.0181. The van der Waals surface area contributed by atoms with Crippen LogP contribution in [0, 0.1) is 0 Å². The molecule has 0 unspecified atom stereocenters. The molecule has 31 heavy (non-hydrogen) atoms. The summed E-state index contributed by atoms with van der Waals surface area (Å²) in [7, 11) is 0. The smallest absolute Gasteiger partial charge is 0.224 e. The van der Waals surface area contributed by atoms with Crippen molar-refractivity contribution in [1.82, 2.24) is 5.32 Å². The van der Waals surface area contributed by atoms with Gasteiger partial charge in [-0.05, 0) is 68.1 Å². The molecule has 2 aromatic rings. The van der Waals surface area contributed by atoms with Gasteiger partial charge in [0.25, 0.3) is 0 Å². The molecule has 0 saturated heterocycles. The molecule has 1 aliphatic rings. The molecule has 0 aromatic heterocycles. The molecule has 0 spiro atoms. The van der Waals surface area contributed by atoms with Crippen molar-refractivity contribution in [2.45, 2.75) is 52.0 Å². The Kier molecular flexibility index (Phi) is 7.65. The topological polar surface area (TPSA) is 96.5 Å². The lowest BCUT2D eigenvalue weighted by atomic mass is 10.0. The van der Waals surface area contributed by atoms with Gasteiger partial charge in [0.1, 0.15) is 5.75 Å². The van der Waals surface area contributed by atoms with Crippen molar-refractivity contribution >= 4 is 29.1 Å². The summed E-state index contributed by atoms with van der Waals surface area (Å²) < 4.78 is 5.75. The predicted molar refractivity (Wildman–Crippen MR) is 120 cm³/mol. The van der Waals surface area contributed by atoms with Crippen LogP contribution in [-0.4, -0.2) is 30.4 Å². The number of benzene rings is 2. The second kappa shape index (κ2) is 10.6. The number of aryl methyl sites for hydroxylation is 1. The Morgan fingerprint density at radius 3 is 2.58 bits per heavy atom. The van der Waals surface area contributed by atoms with Crippen LogP contribution in [0.25, 0.3) is 0 Å². The molecule has 2 aromatic carbocycles. The fourth-order valence-electron chi connectivity index (χ4n) is 3.36. The number of hydrogen-bond donors (Lipinski definition) is 3. The Morgan fingerprint density at radius 2 is 1.84 bits per heavy atom. The molecule has 0 fully saturated rings. The fourth-order valence-corrected chi connectivity index (χ4v) is 3.36. The Hall–Kier alpha value is -3.35. The summed E-state index contributed by atoms with van der Waals surface area (Å²) in [4.78, 5) is 35.4. The monoisotopic (exact) mass is 423 g/mol. The third-order valence-electron chi connectivity index (χ3n) is 4.84. The summed E-state index contributed by atoms with van der Waals surface area (Å²) in [5.41, 5.74) is 3.51. The second-order valence-corrected chi connectivity index (χ2v) is 7.96. The number of ether oxygens (including phenoxy) is 1. The lowest BCUT2D eigenvalue weighted by Gasteiger charge is -2.17. The highest BCUT2D eigenvalue weighted by atomic mass is 16.5. The van der Waals surface area contributed by atoms with Crippen molar-refractivity contribution in [2.24, 2.45) is 0 Å². The van der Waals surface area contributed by atoms with E-state index in [0.717, 1.165) is 22.6 Å². The van der Waals surface area contributed by atoms with Crippen molar-refractivity contribution in [2.75, 3.05) is 17.2 Å². The summed E-state index contributed by atoms with van der Waals surface area (Å²) >= 11 is 0. The molecule has 0 aliphatic carbocycles. The lowest BCUT2D eigenvalue weighted by molar-refractivity contribution is -0.121. The summed E-state index contributed by atoms with van der Waals surface area (Å²) in [6, 6.07) is 13.0. The largest absolute Gasteiger partial charge is 0.494 e. The van der Waals surface area contributed by atoms with Crippen LogP contribution in [0.5, 0.6) is 5.75 Å². The van der Waals surface area contributed by atoms with E-state index < -0.39 is 0 Å². The van der Waals surface area contributed by atoms with Gasteiger partial charge in [0, 0.05) is 30.3 Å². The van der Waals surface area contributed by atoms with Crippen LogP contribution >= 0.6 is 0 Å². The Bertz CT molecular complexity index is 938. The summed E-state index contributed by atoms with van der Waals surface area (Å²) in [5.74, 6) is 0.684. The molecule has 0 saturated carbocycles. The number of nitrogens with one attached hydrogen (secondary N) is 3. The van der Waals surface area contributed by atoms with Crippen LogP contribution in [0.3, 0.4) is 0 Å². The molecule has 1 heterocycles. The van der Waals surface area contributed by atoms with E-state index in [-0.39, 0.29) is 23.8 Å². The van der Waals surface area contributed by atoms with Crippen LogP contribution in [-0.2, 0) is 27.2 Å². The normalized spacial score (nSPS) is 12.7. The van der Waals surface area contributed by atoms with Gasteiger partial charge in [-0.3, -0.25) is 14.4 Å². The number of carbonyl (C=O) groups excluding carboxylic acids is 3. The molecule has 1 aliphatic heterocycles. The van der Waals surface area contributed by atoms with Gasteiger partial charge in [-0.25, -0.2) is 0 Å². The van der Waals surface area contributed by atoms with Crippen LogP contribution in [0.2, 0.25) is 0 Å². The number of amides is 3. The van der Waals surface area contributed by atoms with Gasteiger partial charge in [0.15, 0.2) is 0 Å². The van der Waals surface area contributed by atoms with Gasteiger partial charge >= 0.3 is 0 Å².